The number of anilines is 1. The van der Waals surface area contributed by atoms with Crippen LogP contribution in [0.2, 0.25) is 0 Å². The lowest BCUT2D eigenvalue weighted by Crippen LogP contribution is -2.13. The lowest BCUT2D eigenvalue weighted by Gasteiger charge is -2.20. The van der Waals surface area contributed by atoms with Crippen LogP contribution in [0.3, 0.4) is 0 Å². The Morgan fingerprint density at radius 3 is 1.97 bits per heavy atom. The van der Waals surface area contributed by atoms with Crippen molar-refractivity contribution in [1.29, 1.82) is 0 Å². The number of benzene rings is 4. The van der Waals surface area contributed by atoms with Gasteiger partial charge in [-0.3, -0.25) is 0 Å². The zero-order valence-corrected chi connectivity index (χ0v) is 21.6. The summed E-state index contributed by atoms with van der Waals surface area (Å²) in [6.45, 7) is 4.33. The van der Waals surface area contributed by atoms with E-state index in [2.05, 4.69) is 54.7 Å². The summed E-state index contributed by atoms with van der Waals surface area (Å²) in [6.07, 6.45) is 1.11. The Balaban J connectivity index is 1.90. The molecule has 36 heavy (non-hydrogen) atoms. The molecule has 4 aromatic rings. The Morgan fingerprint density at radius 2 is 1.31 bits per heavy atom. The second-order valence-corrected chi connectivity index (χ2v) is 9.35. The first-order valence-corrected chi connectivity index (χ1v) is 13.3. The Bertz CT molecular complexity index is 1320. The molecule has 0 unspecified atom stereocenters. The number of carbonyl (C=O) groups is 1. The highest BCUT2D eigenvalue weighted by atomic mass is 32.2. The molecule has 0 fully saturated rings. The molecule has 0 aliphatic carbocycles. The number of hydrogen-bond donors (Lipinski definition) is 1. The maximum absolute atomic E-state index is 13.4. The van der Waals surface area contributed by atoms with Gasteiger partial charge in [0.15, 0.2) is 0 Å². The SMILES string of the molecule is CCCSc1ccccc1-c1ccccc1N/C(=C(\C(=O)OCC)c1ccccc1)c1ccccc1. The summed E-state index contributed by atoms with van der Waals surface area (Å²) in [5.74, 6) is 0.703. The molecule has 0 aliphatic heterocycles. The monoisotopic (exact) mass is 493 g/mol. The van der Waals surface area contributed by atoms with Gasteiger partial charge in [0, 0.05) is 16.1 Å². The van der Waals surface area contributed by atoms with E-state index in [1.165, 1.54) is 10.5 Å². The third kappa shape index (κ3) is 6.07. The molecule has 182 valence electrons. The van der Waals surface area contributed by atoms with Crippen molar-refractivity contribution in [1.82, 2.24) is 0 Å². The van der Waals surface area contributed by atoms with Crippen LogP contribution in [0.1, 0.15) is 31.4 Å². The van der Waals surface area contributed by atoms with E-state index < -0.39 is 0 Å². The lowest BCUT2D eigenvalue weighted by atomic mass is 9.97. The van der Waals surface area contributed by atoms with Crippen LogP contribution < -0.4 is 5.32 Å². The maximum atomic E-state index is 13.4. The van der Waals surface area contributed by atoms with Gasteiger partial charge >= 0.3 is 5.97 Å². The summed E-state index contributed by atoms with van der Waals surface area (Å²) in [6, 6.07) is 36.4. The summed E-state index contributed by atoms with van der Waals surface area (Å²) in [5, 5.41) is 3.65. The van der Waals surface area contributed by atoms with Crippen molar-refractivity contribution in [2.75, 3.05) is 17.7 Å². The molecule has 0 amide bonds. The fourth-order valence-corrected chi connectivity index (χ4v) is 4.98. The van der Waals surface area contributed by atoms with Gasteiger partial charge in [0.05, 0.1) is 17.9 Å². The minimum Gasteiger partial charge on any atom is -0.462 e. The van der Waals surface area contributed by atoms with Crippen molar-refractivity contribution in [3.8, 4) is 11.1 Å². The van der Waals surface area contributed by atoms with Crippen LogP contribution in [0.25, 0.3) is 22.4 Å². The van der Waals surface area contributed by atoms with E-state index in [9.17, 15) is 4.79 Å². The largest absolute Gasteiger partial charge is 0.462 e. The van der Waals surface area contributed by atoms with Gasteiger partial charge in [-0.15, -0.1) is 11.8 Å². The molecular weight excluding hydrogens is 462 g/mol. The highest BCUT2D eigenvalue weighted by Crippen LogP contribution is 2.38. The number of thioether (sulfide) groups is 1. The summed E-state index contributed by atoms with van der Waals surface area (Å²) in [4.78, 5) is 14.6. The van der Waals surface area contributed by atoms with Crippen molar-refractivity contribution in [2.45, 2.75) is 25.2 Å². The topological polar surface area (TPSA) is 38.3 Å². The smallest absolute Gasteiger partial charge is 0.340 e. The normalized spacial score (nSPS) is 11.5. The van der Waals surface area contributed by atoms with E-state index in [1.807, 2.05) is 85.4 Å². The average molecular weight is 494 g/mol. The first-order valence-electron chi connectivity index (χ1n) is 12.3. The van der Waals surface area contributed by atoms with Gasteiger partial charge in [0.1, 0.15) is 0 Å². The highest BCUT2D eigenvalue weighted by Gasteiger charge is 2.22. The predicted octanol–water partition coefficient (Wildman–Crippen LogP) is 8.40. The van der Waals surface area contributed by atoms with Crippen molar-refractivity contribution in [3.05, 3.63) is 120 Å². The van der Waals surface area contributed by atoms with Crippen molar-refractivity contribution in [3.63, 3.8) is 0 Å². The zero-order chi connectivity index (χ0) is 25.2. The molecule has 0 spiro atoms. The molecule has 4 aromatic carbocycles. The number of rotatable bonds is 10. The average Bonchev–Trinajstić information content (AvgIpc) is 2.93. The third-order valence-electron chi connectivity index (χ3n) is 5.68. The van der Waals surface area contributed by atoms with Crippen LogP contribution in [0.4, 0.5) is 5.69 Å². The minimum atomic E-state index is -0.355. The van der Waals surface area contributed by atoms with Crippen LogP contribution >= 0.6 is 11.8 Å². The summed E-state index contributed by atoms with van der Waals surface area (Å²) >= 11 is 1.87. The molecule has 0 bridgehead atoms. The molecule has 1 N–H and O–H groups in total. The van der Waals surface area contributed by atoms with Gasteiger partial charge in [-0.25, -0.2) is 4.79 Å². The fraction of sp³-hybridized carbons (Fsp3) is 0.156. The molecular formula is C32H31NO2S. The summed E-state index contributed by atoms with van der Waals surface area (Å²) in [5.41, 5.74) is 6.12. The van der Waals surface area contributed by atoms with Crippen LogP contribution in [-0.4, -0.2) is 18.3 Å². The van der Waals surface area contributed by atoms with Crippen molar-refractivity contribution < 1.29 is 9.53 Å². The van der Waals surface area contributed by atoms with Crippen molar-refractivity contribution in [2.24, 2.45) is 0 Å². The van der Waals surface area contributed by atoms with Crippen molar-refractivity contribution >= 4 is 34.7 Å². The van der Waals surface area contributed by atoms with E-state index in [-0.39, 0.29) is 5.97 Å². The molecule has 0 aliphatic rings. The molecule has 0 saturated carbocycles. The number of nitrogens with one attached hydrogen (secondary N) is 1. The quantitative estimate of drug-likeness (QED) is 0.104. The molecule has 4 rings (SSSR count). The molecule has 4 heteroatoms. The van der Waals surface area contributed by atoms with Gasteiger partial charge in [-0.1, -0.05) is 104 Å². The molecule has 0 aromatic heterocycles. The van der Waals surface area contributed by atoms with Gasteiger partial charge < -0.3 is 10.1 Å². The van der Waals surface area contributed by atoms with Gasteiger partial charge in [0.25, 0.3) is 0 Å². The van der Waals surface area contributed by atoms with E-state index in [0.29, 0.717) is 17.9 Å². The molecule has 0 heterocycles. The van der Waals surface area contributed by atoms with Gasteiger partial charge in [0.2, 0.25) is 0 Å². The summed E-state index contributed by atoms with van der Waals surface area (Å²) < 4.78 is 5.54. The molecule has 0 atom stereocenters. The highest BCUT2D eigenvalue weighted by molar-refractivity contribution is 7.99. The van der Waals surface area contributed by atoms with E-state index in [4.69, 9.17) is 4.74 Å². The van der Waals surface area contributed by atoms with Crippen LogP contribution in [0.5, 0.6) is 0 Å². The molecule has 0 saturated heterocycles. The first-order chi connectivity index (χ1) is 17.7. The Labute approximate surface area is 218 Å². The molecule has 3 nitrogen and oxygen atoms in total. The van der Waals surface area contributed by atoms with Crippen LogP contribution in [0.15, 0.2) is 114 Å². The maximum Gasteiger partial charge on any atom is 0.340 e. The number of ether oxygens (including phenoxy) is 1. The number of para-hydroxylation sites is 1. The summed E-state index contributed by atoms with van der Waals surface area (Å²) in [7, 11) is 0. The number of hydrogen-bond acceptors (Lipinski definition) is 4. The third-order valence-corrected chi connectivity index (χ3v) is 6.96. The number of esters is 1. The Kier molecular flexibility index (Phi) is 9.01. The standard InChI is InChI=1S/C32H31NO2S/c1-3-23-36-29-22-14-12-20-27(29)26-19-11-13-21-28(26)33-31(25-17-9-6-10-18-25)30(32(34)35-4-2)24-15-7-5-8-16-24/h5-22,33H,3-4,23H2,1-2H3/b31-30-. The second-order valence-electron chi connectivity index (χ2n) is 8.22. The number of carbonyl (C=O) groups excluding carboxylic acids is 1. The fourth-order valence-electron chi connectivity index (χ4n) is 4.04. The molecule has 0 radical (unpaired) electrons. The van der Waals surface area contributed by atoms with Crippen LogP contribution in [0, 0.1) is 0 Å². The first kappa shape index (κ1) is 25.3. The minimum absolute atomic E-state index is 0.301. The van der Waals surface area contributed by atoms with E-state index in [0.717, 1.165) is 34.6 Å². The van der Waals surface area contributed by atoms with E-state index in [1.54, 1.807) is 0 Å². The second kappa shape index (κ2) is 12.8. The Hall–Kier alpha value is -3.76. The van der Waals surface area contributed by atoms with Gasteiger partial charge in [-0.05, 0) is 47.9 Å². The van der Waals surface area contributed by atoms with E-state index >= 15 is 0 Å². The predicted molar refractivity (Wildman–Crippen MR) is 153 cm³/mol. The Morgan fingerprint density at radius 1 is 0.722 bits per heavy atom. The van der Waals surface area contributed by atoms with Crippen LogP contribution in [-0.2, 0) is 9.53 Å². The lowest BCUT2D eigenvalue weighted by molar-refractivity contribution is -0.136. The zero-order valence-electron chi connectivity index (χ0n) is 20.7. The van der Waals surface area contributed by atoms with Gasteiger partial charge in [-0.2, -0.15) is 0 Å².